The van der Waals surface area contributed by atoms with Crippen LogP contribution in [-0.2, 0) is 16.1 Å². The van der Waals surface area contributed by atoms with Crippen molar-refractivity contribution < 1.29 is 23.9 Å². The maximum atomic E-state index is 11.6. The Morgan fingerprint density at radius 3 is 2.75 bits per heavy atom. The summed E-state index contributed by atoms with van der Waals surface area (Å²) in [5, 5.41) is 14.6. The van der Waals surface area contributed by atoms with Crippen molar-refractivity contribution in [1.82, 2.24) is 5.32 Å². The number of hydrogen-bond donors (Lipinski definition) is 1. The molecule has 1 N–H and O–H groups in total. The first kappa shape index (κ1) is 19.8. The quantitative estimate of drug-likeness (QED) is 0.423. The van der Waals surface area contributed by atoms with Crippen LogP contribution < -0.4 is 10.1 Å². The molecule has 28 heavy (non-hydrogen) atoms. The number of nitrogens with zero attached hydrogens (tertiary/aromatic N) is 1. The molecule has 3 rings (SSSR count). The number of hydrogen-bond acceptors (Lipinski definition) is 7. The van der Waals surface area contributed by atoms with Crippen LogP contribution in [0.5, 0.6) is 5.75 Å². The summed E-state index contributed by atoms with van der Waals surface area (Å²) in [5.74, 6) is -0.515. The minimum atomic E-state index is -0.634. The van der Waals surface area contributed by atoms with Gasteiger partial charge in [0.05, 0.1) is 30.3 Å². The molecule has 0 amide bonds. The van der Waals surface area contributed by atoms with E-state index >= 15 is 0 Å². The number of ether oxygens (including phenoxy) is 3. The monoisotopic (exact) mass is 386 g/mol. The van der Waals surface area contributed by atoms with Gasteiger partial charge in [-0.05, 0) is 24.1 Å². The molecular weight excluding hydrogens is 364 g/mol. The van der Waals surface area contributed by atoms with E-state index in [0.29, 0.717) is 13.2 Å². The van der Waals surface area contributed by atoms with Crippen LogP contribution in [-0.4, -0.2) is 43.3 Å². The van der Waals surface area contributed by atoms with Crippen molar-refractivity contribution in [3.05, 3.63) is 69.8 Å². The van der Waals surface area contributed by atoms with Crippen molar-refractivity contribution in [3.63, 3.8) is 0 Å². The second-order valence-electron chi connectivity index (χ2n) is 6.50. The number of nitro groups is 1. The molecule has 0 aliphatic carbocycles. The Bertz CT molecular complexity index is 827. The van der Waals surface area contributed by atoms with Gasteiger partial charge in [-0.3, -0.25) is 10.1 Å². The van der Waals surface area contributed by atoms with Crippen molar-refractivity contribution in [3.8, 4) is 5.75 Å². The lowest BCUT2D eigenvalue weighted by molar-refractivity contribution is -0.385. The SMILES string of the molecule is COC(=O)c1ccc(OC[C@@H]2C[C@@H](OCc3ccccc3)CN2)c([N+](=O)[O-])c1. The first-order valence-electron chi connectivity index (χ1n) is 8.95. The van der Waals surface area contributed by atoms with Crippen LogP contribution in [0.15, 0.2) is 48.5 Å². The molecule has 0 aromatic heterocycles. The third kappa shape index (κ3) is 5.05. The van der Waals surface area contributed by atoms with E-state index in [9.17, 15) is 14.9 Å². The predicted octanol–water partition coefficient (Wildman–Crippen LogP) is 2.71. The van der Waals surface area contributed by atoms with Gasteiger partial charge in [0.1, 0.15) is 6.61 Å². The number of rotatable bonds is 8. The van der Waals surface area contributed by atoms with Gasteiger partial charge < -0.3 is 19.5 Å². The van der Waals surface area contributed by atoms with Gasteiger partial charge in [0.2, 0.25) is 0 Å². The lowest BCUT2D eigenvalue weighted by Crippen LogP contribution is -2.28. The molecule has 0 saturated carbocycles. The van der Waals surface area contributed by atoms with Gasteiger partial charge >= 0.3 is 11.7 Å². The number of nitro benzene ring substituents is 1. The summed E-state index contributed by atoms with van der Waals surface area (Å²) < 4.78 is 16.2. The van der Waals surface area contributed by atoms with E-state index in [4.69, 9.17) is 9.47 Å². The number of methoxy groups -OCH3 is 1. The normalized spacial score (nSPS) is 18.6. The Kier molecular flexibility index (Phi) is 6.57. The molecule has 1 aliphatic rings. The molecule has 1 fully saturated rings. The second kappa shape index (κ2) is 9.29. The minimum absolute atomic E-state index is 0.0284. The maximum Gasteiger partial charge on any atom is 0.338 e. The molecule has 8 nitrogen and oxygen atoms in total. The van der Waals surface area contributed by atoms with Crippen molar-refractivity contribution in [2.45, 2.75) is 25.2 Å². The van der Waals surface area contributed by atoms with Gasteiger partial charge in [0.25, 0.3) is 0 Å². The number of nitrogens with one attached hydrogen (secondary N) is 1. The summed E-state index contributed by atoms with van der Waals surface area (Å²) in [4.78, 5) is 22.3. The summed E-state index contributed by atoms with van der Waals surface area (Å²) in [6.45, 7) is 1.51. The molecule has 1 aliphatic heterocycles. The Morgan fingerprint density at radius 1 is 1.25 bits per heavy atom. The Hall–Kier alpha value is -2.97. The maximum absolute atomic E-state index is 11.6. The van der Waals surface area contributed by atoms with Crippen LogP contribution >= 0.6 is 0 Å². The van der Waals surface area contributed by atoms with Crippen LogP contribution in [0.4, 0.5) is 5.69 Å². The van der Waals surface area contributed by atoms with E-state index < -0.39 is 10.9 Å². The standard InChI is InChI=1S/C20H22N2O6/c1-26-20(23)15-7-8-19(18(9-15)22(24)25)28-13-16-10-17(11-21-16)27-12-14-5-3-2-4-6-14/h2-9,16-17,21H,10-13H2,1H3/t16-,17+/m0/s1. The van der Waals surface area contributed by atoms with E-state index in [1.54, 1.807) is 0 Å². The highest BCUT2D eigenvalue weighted by Crippen LogP contribution is 2.29. The molecule has 2 atom stereocenters. The number of benzene rings is 2. The van der Waals surface area contributed by atoms with E-state index in [-0.39, 0.29) is 35.8 Å². The summed E-state index contributed by atoms with van der Waals surface area (Å²) in [7, 11) is 1.22. The van der Waals surface area contributed by atoms with Gasteiger partial charge in [0, 0.05) is 18.7 Å². The fraction of sp³-hybridized carbons (Fsp3) is 0.350. The third-order valence-electron chi connectivity index (χ3n) is 4.53. The highest BCUT2D eigenvalue weighted by molar-refractivity contribution is 5.90. The van der Waals surface area contributed by atoms with Gasteiger partial charge in [-0.15, -0.1) is 0 Å². The molecule has 1 heterocycles. The fourth-order valence-corrected chi connectivity index (χ4v) is 3.04. The summed E-state index contributed by atoms with van der Waals surface area (Å²) in [5.41, 5.74) is 0.955. The lowest BCUT2D eigenvalue weighted by Gasteiger charge is -2.13. The van der Waals surface area contributed by atoms with Crippen LogP contribution in [0, 0.1) is 10.1 Å². The molecular formula is C20H22N2O6. The molecule has 0 bridgehead atoms. The zero-order valence-electron chi connectivity index (χ0n) is 15.5. The molecule has 0 spiro atoms. The smallest absolute Gasteiger partial charge is 0.338 e. The lowest BCUT2D eigenvalue weighted by atomic mass is 10.2. The first-order valence-corrected chi connectivity index (χ1v) is 8.95. The van der Waals surface area contributed by atoms with E-state index in [0.717, 1.165) is 18.1 Å². The van der Waals surface area contributed by atoms with Crippen molar-refractivity contribution in [1.29, 1.82) is 0 Å². The largest absolute Gasteiger partial charge is 0.485 e. The summed E-state index contributed by atoms with van der Waals surface area (Å²) >= 11 is 0. The van der Waals surface area contributed by atoms with Crippen LogP contribution in [0.25, 0.3) is 0 Å². The van der Waals surface area contributed by atoms with Gasteiger partial charge in [-0.25, -0.2) is 4.79 Å². The molecule has 1 saturated heterocycles. The van der Waals surface area contributed by atoms with Crippen molar-refractivity contribution >= 4 is 11.7 Å². The Labute approximate surface area is 162 Å². The average molecular weight is 386 g/mol. The van der Waals surface area contributed by atoms with Crippen molar-refractivity contribution in [2.75, 3.05) is 20.3 Å². The highest BCUT2D eigenvalue weighted by Gasteiger charge is 2.26. The topological polar surface area (TPSA) is 99.9 Å². The Morgan fingerprint density at radius 2 is 2.04 bits per heavy atom. The minimum Gasteiger partial charge on any atom is -0.485 e. The fourth-order valence-electron chi connectivity index (χ4n) is 3.04. The highest BCUT2D eigenvalue weighted by atomic mass is 16.6. The number of carbonyl (C=O) groups is 1. The zero-order chi connectivity index (χ0) is 19.9. The van der Waals surface area contributed by atoms with Gasteiger partial charge in [0.15, 0.2) is 5.75 Å². The van der Waals surface area contributed by atoms with Gasteiger partial charge in [-0.2, -0.15) is 0 Å². The second-order valence-corrected chi connectivity index (χ2v) is 6.50. The molecule has 0 radical (unpaired) electrons. The van der Waals surface area contributed by atoms with E-state index in [1.165, 1.54) is 19.2 Å². The van der Waals surface area contributed by atoms with Crippen LogP contribution in [0.3, 0.4) is 0 Å². The molecule has 0 unspecified atom stereocenters. The molecule has 8 heteroatoms. The zero-order valence-corrected chi connectivity index (χ0v) is 15.5. The predicted molar refractivity (Wildman–Crippen MR) is 101 cm³/mol. The van der Waals surface area contributed by atoms with E-state index in [2.05, 4.69) is 10.1 Å². The molecule has 2 aromatic carbocycles. The first-order chi connectivity index (χ1) is 13.6. The van der Waals surface area contributed by atoms with Crippen molar-refractivity contribution in [2.24, 2.45) is 0 Å². The molecule has 2 aromatic rings. The van der Waals surface area contributed by atoms with Crippen LogP contribution in [0.2, 0.25) is 0 Å². The molecule has 148 valence electrons. The third-order valence-corrected chi connectivity index (χ3v) is 4.53. The van der Waals surface area contributed by atoms with Gasteiger partial charge in [-0.1, -0.05) is 30.3 Å². The average Bonchev–Trinajstić information content (AvgIpc) is 3.18. The number of carbonyl (C=O) groups excluding carboxylic acids is 1. The van der Waals surface area contributed by atoms with Crippen LogP contribution in [0.1, 0.15) is 22.3 Å². The number of esters is 1. The van der Waals surface area contributed by atoms with E-state index in [1.807, 2.05) is 30.3 Å². The summed E-state index contributed by atoms with van der Waals surface area (Å²) in [6.07, 6.45) is 0.812. The summed E-state index contributed by atoms with van der Waals surface area (Å²) in [6, 6.07) is 14.0. The Balaban J connectivity index is 1.53.